The van der Waals surface area contributed by atoms with Crippen LogP contribution < -0.4 is 14.2 Å². The first kappa shape index (κ1) is 27.1. The van der Waals surface area contributed by atoms with Gasteiger partial charge in [0.25, 0.3) is 11.7 Å². The number of aliphatic hydroxyl groups excluding tert-OH is 1. The Kier molecular flexibility index (Phi) is 7.35. The van der Waals surface area contributed by atoms with Gasteiger partial charge in [0.1, 0.15) is 24.2 Å². The van der Waals surface area contributed by atoms with Crippen LogP contribution in [0.4, 0.5) is 0 Å². The van der Waals surface area contributed by atoms with Gasteiger partial charge >= 0.3 is 0 Å². The minimum Gasteiger partial charge on any atom is -0.507 e. The predicted molar refractivity (Wildman–Crippen MR) is 156 cm³/mol. The summed E-state index contributed by atoms with van der Waals surface area (Å²) in [5, 5.41) is 11.6. The highest BCUT2D eigenvalue weighted by Crippen LogP contribution is 2.43. The third-order valence-electron chi connectivity index (χ3n) is 7.55. The Labute approximate surface area is 243 Å². The van der Waals surface area contributed by atoms with E-state index in [1.54, 1.807) is 54.9 Å². The molecule has 4 aromatic rings. The number of carbonyl (C=O) groups is 2. The summed E-state index contributed by atoms with van der Waals surface area (Å²) in [5.41, 5.74) is 3.82. The Bertz CT molecular complexity index is 1670. The zero-order valence-corrected chi connectivity index (χ0v) is 23.3. The van der Waals surface area contributed by atoms with Crippen molar-refractivity contribution in [1.29, 1.82) is 0 Å². The molecule has 1 amide bonds. The summed E-state index contributed by atoms with van der Waals surface area (Å²) in [6.45, 7) is 2.47. The number of nitrogens with zero attached hydrogens (tertiary/aromatic N) is 2. The number of ketones is 1. The molecule has 3 aromatic carbocycles. The van der Waals surface area contributed by atoms with Crippen LogP contribution in [0.1, 0.15) is 40.8 Å². The molecule has 8 nitrogen and oxygen atoms in total. The smallest absolute Gasteiger partial charge is 0.295 e. The van der Waals surface area contributed by atoms with Gasteiger partial charge in [0.2, 0.25) is 0 Å². The Morgan fingerprint density at radius 3 is 2.52 bits per heavy atom. The number of rotatable bonds is 8. The molecule has 0 bridgehead atoms. The Morgan fingerprint density at radius 1 is 0.976 bits per heavy atom. The maximum atomic E-state index is 13.6. The van der Waals surface area contributed by atoms with Crippen molar-refractivity contribution in [3.63, 3.8) is 0 Å². The number of carbonyl (C=O) groups excluding carboxylic acids is 2. The minimum absolute atomic E-state index is 0.0148. The maximum Gasteiger partial charge on any atom is 0.295 e. The lowest BCUT2D eigenvalue weighted by atomic mass is 9.94. The summed E-state index contributed by atoms with van der Waals surface area (Å²) in [6.07, 6.45) is 3.99. The van der Waals surface area contributed by atoms with Gasteiger partial charge in [0.05, 0.1) is 18.7 Å². The van der Waals surface area contributed by atoms with Gasteiger partial charge in [0, 0.05) is 30.9 Å². The van der Waals surface area contributed by atoms with E-state index in [2.05, 4.69) is 4.98 Å². The molecule has 2 aliphatic rings. The van der Waals surface area contributed by atoms with Crippen molar-refractivity contribution in [3.05, 3.63) is 125 Å². The fourth-order valence-corrected chi connectivity index (χ4v) is 5.51. The number of amides is 1. The van der Waals surface area contributed by atoms with Crippen molar-refractivity contribution in [3.8, 4) is 17.2 Å². The number of aromatic nitrogens is 1. The van der Waals surface area contributed by atoms with E-state index in [0.717, 1.165) is 22.4 Å². The summed E-state index contributed by atoms with van der Waals surface area (Å²) in [7, 11) is 1.54. The summed E-state index contributed by atoms with van der Waals surface area (Å²) >= 11 is 0. The Balaban J connectivity index is 1.41. The van der Waals surface area contributed by atoms with Gasteiger partial charge in [-0.15, -0.1) is 0 Å². The van der Waals surface area contributed by atoms with Crippen LogP contribution in [0.3, 0.4) is 0 Å². The number of likely N-dealkylation sites (tertiary alicyclic amines) is 1. The first-order valence-corrected chi connectivity index (χ1v) is 13.7. The van der Waals surface area contributed by atoms with Crippen molar-refractivity contribution in [2.24, 2.45) is 0 Å². The van der Waals surface area contributed by atoms with E-state index < -0.39 is 17.7 Å². The van der Waals surface area contributed by atoms with Crippen molar-refractivity contribution < 1.29 is 28.9 Å². The minimum atomic E-state index is -0.862. The molecule has 1 N–H and O–H groups in total. The highest BCUT2D eigenvalue weighted by Gasteiger charge is 2.46. The molecule has 1 fully saturated rings. The van der Waals surface area contributed by atoms with Crippen LogP contribution in [-0.2, 0) is 29.2 Å². The molecular weight excluding hydrogens is 532 g/mol. The van der Waals surface area contributed by atoms with Gasteiger partial charge in [0.15, 0.2) is 11.5 Å². The van der Waals surface area contributed by atoms with Gasteiger partial charge in [-0.2, -0.15) is 0 Å². The zero-order chi connectivity index (χ0) is 29.2. The number of benzene rings is 3. The van der Waals surface area contributed by atoms with Crippen LogP contribution in [0, 0.1) is 0 Å². The van der Waals surface area contributed by atoms with Gasteiger partial charge in [-0.3, -0.25) is 14.6 Å². The van der Waals surface area contributed by atoms with Gasteiger partial charge in [-0.25, -0.2) is 0 Å². The van der Waals surface area contributed by atoms with E-state index in [1.165, 1.54) is 12.0 Å². The van der Waals surface area contributed by atoms with E-state index in [0.29, 0.717) is 35.7 Å². The molecule has 0 spiro atoms. The number of fused-ring (bicyclic) bond motifs is 1. The number of hydrogen-bond donors (Lipinski definition) is 1. The quantitative estimate of drug-likeness (QED) is 0.169. The van der Waals surface area contributed by atoms with E-state index in [4.69, 9.17) is 14.2 Å². The van der Waals surface area contributed by atoms with Gasteiger partial charge in [-0.1, -0.05) is 36.4 Å². The monoisotopic (exact) mass is 562 g/mol. The number of hydrogen-bond acceptors (Lipinski definition) is 7. The standard InChI is InChI=1S/C34H30N2O6/c1-21-16-26-17-25(9-10-27(26)42-21)32(37)30-31(36(34(39)33(30)38)19-22-12-14-35-15-13-22)24-8-11-28(29(18-24)40-2)41-20-23-6-4-3-5-7-23/h3-15,17-18,21,31,37H,16,19-20H2,1-2H3/b32-30-. The molecule has 42 heavy (non-hydrogen) atoms. The average Bonchev–Trinajstić information content (AvgIpc) is 3.51. The SMILES string of the molecule is COc1cc(C2/C(=C(/O)c3ccc4c(c3)CC(C)O4)C(=O)C(=O)N2Cc2ccncc2)ccc1OCc1ccccc1. The number of methoxy groups -OCH3 is 1. The number of pyridine rings is 1. The highest BCUT2D eigenvalue weighted by atomic mass is 16.5. The molecule has 2 unspecified atom stereocenters. The third-order valence-corrected chi connectivity index (χ3v) is 7.55. The van der Waals surface area contributed by atoms with E-state index >= 15 is 0 Å². The molecule has 0 radical (unpaired) electrons. The molecule has 2 atom stereocenters. The molecule has 1 aromatic heterocycles. The molecule has 6 rings (SSSR count). The van der Waals surface area contributed by atoms with Crippen LogP contribution in [0.15, 0.2) is 96.8 Å². The van der Waals surface area contributed by atoms with Crippen LogP contribution in [0.2, 0.25) is 0 Å². The van der Waals surface area contributed by atoms with E-state index in [1.807, 2.05) is 43.3 Å². The lowest BCUT2D eigenvalue weighted by molar-refractivity contribution is -0.140. The largest absolute Gasteiger partial charge is 0.507 e. The second-order valence-corrected chi connectivity index (χ2v) is 10.4. The summed E-state index contributed by atoms with van der Waals surface area (Å²) < 4.78 is 17.5. The van der Waals surface area contributed by atoms with Crippen molar-refractivity contribution in [2.45, 2.75) is 38.6 Å². The molecule has 212 valence electrons. The van der Waals surface area contributed by atoms with Gasteiger partial charge < -0.3 is 24.2 Å². The number of Topliss-reactive ketones (excluding diaryl/α,β-unsaturated/α-hetero) is 1. The van der Waals surface area contributed by atoms with Crippen LogP contribution in [-0.4, -0.2) is 39.9 Å². The first-order chi connectivity index (χ1) is 20.4. The fraction of sp³-hybridized carbons (Fsp3) is 0.206. The zero-order valence-electron chi connectivity index (χ0n) is 23.3. The van der Waals surface area contributed by atoms with Crippen molar-refractivity contribution >= 4 is 17.4 Å². The Hall–Kier alpha value is -5.11. The molecular formula is C34H30N2O6. The normalized spacial score (nSPS) is 19.0. The second-order valence-electron chi connectivity index (χ2n) is 10.4. The molecule has 2 aliphatic heterocycles. The van der Waals surface area contributed by atoms with Crippen molar-refractivity contribution in [1.82, 2.24) is 9.88 Å². The molecule has 1 saturated heterocycles. The predicted octanol–water partition coefficient (Wildman–Crippen LogP) is 5.61. The fourth-order valence-electron chi connectivity index (χ4n) is 5.51. The van der Waals surface area contributed by atoms with Crippen LogP contribution >= 0.6 is 0 Å². The van der Waals surface area contributed by atoms with Crippen LogP contribution in [0.5, 0.6) is 17.2 Å². The summed E-state index contributed by atoms with van der Waals surface area (Å²) in [5.74, 6) is 0.0382. The average molecular weight is 563 g/mol. The summed E-state index contributed by atoms with van der Waals surface area (Å²) in [4.78, 5) is 32.6. The highest BCUT2D eigenvalue weighted by molar-refractivity contribution is 6.46. The van der Waals surface area contributed by atoms with E-state index in [9.17, 15) is 14.7 Å². The van der Waals surface area contributed by atoms with Gasteiger partial charge in [-0.05, 0) is 71.6 Å². The topological polar surface area (TPSA) is 98.2 Å². The Morgan fingerprint density at radius 2 is 1.76 bits per heavy atom. The third kappa shape index (κ3) is 5.19. The number of aliphatic hydroxyl groups is 1. The van der Waals surface area contributed by atoms with E-state index in [-0.39, 0.29) is 24.0 Å². The lowest BCUT2D eigenvalue weighted by Gasteiger charge is -2.26. The van der Waals surface area contributed by atoms with Crippen molar-refractivity contribution in [2.75, 3.05) is 7.11 Å². The number of ether oxygens (including phenoxy) is 3. The molecule has 8 heteroatoms. The molecule has 3 heterocycles. The molecule has 0 aliphatic carbocycles. The maximum absolute atomic E-state index is 13.6. The first-order valence-electron chi connectivity index (χ1n) is 13.7. The lowest BCUT2D eigenvalue weighted by Crippen LogP contribution is -2.29. The summed E-state index contributed by atoms with van der Waals surface area (Å²) in [6, 6.07) is 23.1. The van der Waals surface area contributed by atoms with Crippen LogP contribution in [0.25, 0.3) is 5.76 Å². The second kappa shape index (κ2) is 11.4. The molecule has 0 saturated carbocycles.